The van der Waals surface area contributed by atoms with Crippen LogP contribution >= 0.6 is 27.9 Å². The molecule has 0 aromatic carbocycles. The number of nitrogens with two attached hydrogens (primary N) is 1. The summed E-state index contributed by atoms with van der Waals surface area (Å²) in [5.41, 5.74) is 2.73. The topological polar surface area (TPSA) is 41.3 Å². The van der Waals surface area contributed by atoms with Gasteiger partial charge in [0.15, 0.2) is 0 Å². The lowest BCUT2D eigenvalue weighted by atomic mass is 11.1. The molecule has 1 aliphatic rings. The zero-order valence-corrected chi connectivity index (χ0v) is 5.79. The van der Waals surface area contributed by atoms with Gasteiger partial charge in [0.25, 0.3) is 0 Å². The van der Waals surface area contributed by atoms with Gasteiger partial charge in [-0.3, -0.25) is 0 Å². The van der Waals surface area contributed by atoms with Gasteiger partial charge in [0.1, 0.15) is 0 Å². The highest BCUT2D eigenvalue weighted by Crippen LogP contribution is 2.25. The fourth-order valence-corrected chi connectivity index (χ4v) is 1.23. The molecule has 0 aliphatic carbocycles. The van der Waals surface area contributed by atoms with Crippen molar-refractivity contribution in [3.63, 3.8) is 0 Å². The molecule has 1 heterocycles. The average molecular weight is 182 g/mol. The molecule has 0 amide bonds. The number of rotatable bonds is 0. The molecule has 1 aliphatic heterocycles. The third-order valence-electron chi connectivity index (χ3n) is 0.491. The van der Waals surface area contributed by atoms with E-state index in [4.69, 9.17) is 5.84 Å². The molecule has 40 valence electrons. The molecule has 7 heavy (non-hydrogen) atoms. The van der Waals surface area contributed by atoms with Gasteiger partial charge >= 0.3 is 0 Å². The van der Waals surface area contributed by atoms with Crippen molar-refractivity contribution in [2.24, 2.45) is 5.84 Å². The van der Waals surface area contributed by atoms with Crippen LogP contribution < -0.4 is 11.3 Å². The minimum absolute atomic E-state index is 0.995. The largest absolute Gasteiger partial charge is 0.301 e. The first-order valence-electron chi connectivity index (χ1n) is 1.63. The summed E-state index contributed by atoms with van der Waals surface area (Å²) in [4.78, 5) is 0. The monoisotopic (exact) mass is 181 g/mol. The highest BCUT2D eigenvalue weighted by Gasteiger charge is 2.05. The van der Waals surface area contributed by atoms with E-state index in [1.165, 1.54) is 16.5 Å². The average Bonchev–Trinajstić information content (AvgIpc) is 1.87. The van der Waals surface area contributed by atoms with Crippen molar-refractivity contribution in [1.29, 1.82) is 0 Å². The van der Waals surface area contributed by atoms with E-state index in [0.29, 0.717) is 0 Å². The molecule has 0 fully saturated rings. The lowest BCUT2D eigenvalue weighted by Crippen LogP contribution is -2.30. The Kier molecular flexibility index (Phi) is 1.58. The molecule has 0 aromatic heterocycles. The van der Waals surface area contributed by atoms with E-state index in [2.05, 4.69) is 21.4 Å². The van der Waals surface area contributed by atoms with Crippen LogP contribution in [0.5, 0.6) is 0 Å². The van der Waals surface area contributed by atoms with Gasteiger partial charge in [-0.1, -0.05) is 4.52 Å². The Morgan fingerprint density at radius 2 is 2.71 bits per heavy atom. The molecule has 3 N–H and O–H groups in total. The van der Waals surface area contributed by atoms with Crippen LogP contribution in [-0.2, 0) is 0 Å². The molecule has 1 rings (SSSR count). The Balaban J connectivity index is 2.42. The van der Waals surface area contributed by atoms with Crippen molar-refractivity contribution < 1.29 is 0 Å². The van der Waals surface area contributed by atoms with E-state index in [1.54, 1.807) is 6.20 Å². The van der Waals surface area contributed by atoms with Crippen LogP contribution in [0, 0.1) is 0 Å². The Morgan fingerprint density at radius 3 is 2.86 bits per heavy atom. The molecule has 0 saturated heterocycles. The van der Waals surface area contributed by atoms with E-state index in [1.807, 2.05) is 0 Å². The van der Waals surface area contributed by atoms with Gasteiger partial charge in [-0.15, -0.1) is 0 Å². The number of halogens is 1. The van der Waals surface area contributed by atoms with E-state index >= 15 is 0 Å². The fourth-order valence-electron chi connectivity index (χ4n) is 0.261. The number of hydrazine groups is 2. The van der Waals surface area contributed by atoms with Crippen LogP contribution in [0.15, 0.2) is 10.0 Å². The number of hydrogen-bond donors (Lipinski definition) is 2. The molecule has 0 bridgehead atoms. The smallest absolute Gasteiger partial charge is 0.0862 e. The second kappa shape index (κ2) is 2.04. The third kappa shape index (κ3) is 1.34. The minimum atomic E-state index is 0.995. The molecule has 0 radical (unpaired) electrons. The maximum Gasteiger partial charge on any atom is 0.0862 e. The summed E-state index contributed by atoms with van der Waals surface area (Å²) < 4.78 is 2.40. The summed E-state index contributed by atoms with van der Waals surface area (Å²) in [7, 11) is 0. The first-order valence-corrected chi connectivity index (χ1v) is 3.20. The maximum atomic E-state index is 5.23. The van der Waals surface area contributed by atoms with Crippen molar-refractivity contribution >= 4 is 27.9 Å². The van der Waals surface area contributed by atoms with Crippen molar-refractivity contribution in [3.05, 3.63) is 10.0 Å². The van der Waals surface area contributed by atoms with Gasteiger partial charge in [0.2, 0.25) is 0 Å². The Morgan fingerprint density at radius 1 is 2.00 bits per heavy atom. The van der Waals surface area contributed by atoms with Gasteiger partial charge in [0, 0.05) is 18.1 Å². The van der Waals surface area contributed by atoms with Crippen LogP contribution in [0.4, 0.5) is 0 Å². The third-order valence-corrected chi connectivity index (χ3v) is 1.75. The molecule has 0 spiro atoms. The van der Waals surface area contributed by atoms with Gasteiger partial charge in [-0.05, 0) is 15.9 Å². The summed E-state index contributed by atoms with van der Waals surface area (Å²) in [6.07, 6.45) is 1.77. The predicted molar refractivity (Wildman–Crippen MR) is 33.8 cm³/mol. The number of hydrogen-bond acceptors (Lipinski definition) is 4. The molecular formula is C2H4BrN3S. The van der Waals surface area contributed by atoms with Crippen molar-refractivity contribution in [2.75, 3.05) is 0 Å². The Bertz CT molecular complexity index is 103. The molecule has 0 aromatic rings. The minimum Gasteiger partial charge on any atom is -0.301 e. The van der Waals surface area contributed by atoms with Gasteiger partial charge < -0.3 is 5.43 Å². The van der Waals surface area contributed by atoms with Crippen LogP contribution in [0.3, 0.4) is 0 Å². The van der Waals surface area contributed by atoms with E-state index in [0.717, 1.165) is 3.81 Å². The summed E-state index contributed by atoms with van der Waals surface area (Å²) in [5, 5.41) is 0. The first kappa shape index (κ1) is 5.43. The van der Waals surface area contributed by atoms with Crippen LogP contribution in [0.1, 0.15) is 0 Å². The zero-order valence-electron chi connectivity index (χ0n) is 3.39. The quantitative estimate of drug-likeness (QED) is 0.423. The zero-order chi connectivity index (χ0) is 5.28. The lowest BCUT2D eigenvalue weighted by Gasteiger charge is -2.02. The summed E-state index contributed by atoms with van der Waals surface area (Å²) in [5.74, 6) is 5.23. The highest BCUT2D eigenvalue weighted by atomic mass is 79.9. The lowest BCUT2D eigenvalue weighted by molar-refractivity contribution is 0.441. The van der Waals surface area contributed by atoms with Gasteiger partial charge in [0.05, 0.1) is 3.81 Å². The van der Waals surface area contributed by atoms with Crippen molar-refractivity contribution in [3.8, 4) is 0 Å². The summed E-state index contributed by atoms with van der Waals surface area (Å²) in [6.45, 7) is 0. The standard InChI is InChI=1S/C2H4BrN3S/c3-2-1-5-6(4)7-2/h1,5H,4H2. The maximum absolute atomic E-state index is 5.23. The SMILES string of the molecule is NN1NC=C(Br)S1. The predicted octanol–water partition coefficient (Wildman–Crippen LogP) is 0.522. The van der Waals surface area contributed by atoms with Crippen LogP contribution in [0.2, 0.25) is 0 Å². The van der Waals surface area contributed by atoms with E-state index < -0.39 is 0 Å². The number of nitrogens with zero attached hydrogens (tertiary/aromatic N) is 1. The molecule has 5 heteroatoms. The number of nitrogens with one attached hydrogen (secondary N) is 1. The van der Waals surface area contributed by atoms with Crippen LogP contribution in [0.25, 0.3) is 0 Å². The molecular weight excluding hydrogens is 178 g/mol. The van der Waals surface area contributed by atoms with E-state index in [-0.39, 0.29) is 0 Å². The highest BCUT2D eigenvalue weighted by molar-refractivity contribution is 9.14. The molecule has 0 atom stereocenters. The Labute approximate surface area is 54.1 Å². The molecule has 0 unspecified atom stereocenters. The van der Waals surface area contributed by atoms with E-state index in [9.17, 15) is 0 Å². The van der Waals surface area contributed by atoms with Crippen molar-refractivity contribution in [2.45, 2.75) is 0 Å². The van der Waals surface area contributed by atoms with Gasteiger partial charge in [-0.2, -0.15) is 0 Å². The van der Waals surface area contributed by atoms with Crippen molar-refractivity contribution in [1.82, 2.24) is 9.95 Å². The second-order valence-corrected chi connectivity index (χ2v) is 3.39. The van der Waals surface area contributed by atoms with Crippen LogP contribution in [-0.4, -0.2) is 4.52 Å². The summed E-state index contributed by atoms with van der Waals surface area (Å²) in [6, 6.07) is 0. The normalized spacial score (nSPS) is 21.7. The molecule has 0 saturated carbocycles. The Hall–Kier alpha value is 0.290. The summed E-state index contributed by atoms with van der Waals surface area (Å²) >= 11 is 4.62. The first-order chi connectivity index (χ1) is 3.29. The molecule has 3 nitrogen and oxygen atoms in total. The van der Waals surface area contributed by atoms with Gasteiger partial charge in [-0.25, -0.2) is 5.84 Å². The fraction of sp³-hybridized carbons (Fsp3) is 0. The second-order valence-electron chi connectivity index (χ2n) is 0.995.